The zero-order valence-electron chi connectivity index (χ0n) is 8.63. The van der Waals surface area contributed by atoms with Gasteiger partial charge in [-0.05, 0) is 18.9 Å². The molecule has 3 rings (SSSR count). The van der Waals surface area contributed by atoms with Crippen LogP contribution in [0.3, 0.4) is 0 Å². The van der Waals surface area contributed by atoms with Gasteiger partial charge in [0, 0.05) is 12.1 Å². The number of nitrogens with zero attached hydrogens (tertiary/aromatic N) is 3. The minimum Gasteiger partial charge on any atom is -0.477 e. The number of hydrogen-bond donors (Lipinski definition) is 1. The van der Waals surface area contributed by atoms with Crippen molar-refractivity contribution in [3.05, 3.63) is 28.0 Å². The van der Waals surface area contributed by atoms with Crippen LogP contribution in [0.15, 0.2) is 12.3 Å². The minimum absolute atomic E-state index is 0.0148. The number of carboxylic acids is 1. The van der Waals surface area contributed by atoms with E-state index in [1.165, 1.54) is 12.8 Å². The van der Waals surface area contributed by atoms with Crippen LogP contribution in [0, 0.1) is 0 Å². The van der Waals surface area contributed by atoms with E-state index in [0.29, 0.717) is 11.0 Å². The Kier molecular flexibility index (Phi) is 2.41. The third-order valence-corrected chi connectivity index (χ3v) is 3.99. The number of hydrogen-bond acceptors (Lipinski definition) is 4. The molecule has 0 radical (unpaired) electrons. The molecule has 7 heteroatoms. The van der Waals surface area contributed by atoms with Crippen LogP contribution in [-0.4, -0.2) is 25.8 Å². The summed E-state index contributed by atoms with van der Waals surface area (Å²) >= 11 is 6.77. The van der Waals surface area contributed by atoms with Gasteiger partial charge in [-0.2, -0.15) is 5.10 Å². The lowest BCUT2D eigenvalue weighted by atomic mass is 10.3. The fraction of sp³-hybridized carbons (Fsp3) is 0.300. The largest absolute Gasteiger partial charge is 0.477 e. The summed E-state index contributed by atoms with van der Waals surface area (Å²) in [6, 6.07) is 1.94. The van der Waals surface area contributed by atoms with Crippen LogP contribution >= 0.6 is 22.9 Å². The monoisotopic (exact) mass is 269 g/mol. The topological polar surface area (TPSA) is 68.0 Å². The Balaban J connectivity index is 1.96. The zero-order chi connectivity index (χ0) is 12.0. The van der Waals surface area contributed by atoms with Crippen molar-refractivity contribution in [1.82, 2.24) is 14.8 Å². The summed E-state index contributed by atoms with van der Waals surface area (Å²) in [6.45, 7) is 0. The number of aromatic carboxylic acids is 1. The van der Waals surface area contributed by atoms with E-state index >= 15 is 0 Å². The second-order valence-corrected chi connectivity index (χ2v) is 5.22. The maximum Gasteiger partial charge on any atom is 0.349 e. The molecule has 0 bridgehead atoms. The quantitative estimate of drug-likeness (QED) is 0.930. The van der Waals surface area contributed by atoms with Crippen molar-refractivity contribution in [1.29, 1.82) is 0 Å². The number of carbonyl (C=O) groups is 1. The maximum atomic E-state index is 10.8. The van der Waals surface area contributed by atoms with Crippen molar-refractivity contribution in [3.63, 3.8) is 0 Å². The molecule has 88 valence electrons. The Morgan fingerprint density at radius 3 is 2.94 bits per heavy atom. The van der Waals surface area contributed by atoms with Crippen molar-refractivity contribution in [2.75, 3.05) is 0 Å². The Morgan fingerprint density at radius 2 is 2.35 bits per heavy atom. The highest BCUT2D eigenvalue weighted by atomic mass is 35.5. The molecule has 1 aliphatic rings. The summed E-state index contributed by atoms with van der Waals surface area (Å²) in [5.41, 5.74) is 1.04. The van der Waals surface area contributed by atoms with Crippen LogP contribution in [0.5, 0.6) is 0 Å². The highest BCUT2D eigenvalue weighted by Gasteiger charge is 2.26. The first-order valence-corrected chi connectivity index (χ1v) is 6.30. The van der Waals surface area contributed by atoms with Crippen LogP contribution in [0.2, 0.25) is 5.15 Å². The molecule has 1 saturated carbocycles. The van der Waals surface area contributed by atoms with Gasteiger partial charge in [0.2, 0.25) is 5.13 Å². The molecule has 0 atom stereocenters. The molecule has 0 saturated heterocycles. The summed E-state index contributed by atoms with van der Waals surface area (Å²) in [6.07, 6.45) is 4.14. The zero-order valence-corrected chi connectivity index (χ0v) is 10.2. The molecule has 0 spiro atoms. The van der Waals surface area contributed by atoms with Gasteiger partial charge in [0.1, 0.15) is 0 Å². The molecule has 2 aromatic rings. The Labute approximate surface area is 106 Å². The summed E-state index contributed by atoms with van der Waals surface area (Å²) < 4.78 is 1.58. The fourth-order valence-corrected chi connectivity index (χ4v) is 2.62. The van der Waals surface area contributed by atoms with E-state index in [9.17, 15) is 4.79 Å². The third-order valence-electron chi connectivity index (χ3n) is 2.57. The molecular formula is C10H8ClN3O2S. The van der Waals surface area contributed by atoms with Gasteiger partial charge in [0.25, 0.3) is 0 Å². The summed E-state index contributed by atoms with van der Waals surface area (Å²) in [4.78, 5) is 14.9. The maximum absolute atomic E-state index is 10.8. The molecule has 2 heterocycles. The predicted molar refractivity (Wildman–Crippen MR) is 63.2 cm³/mol. The van der Waals surface area contributed by atoms with Crippen LogP contribution in [0.1, 0.15) is 34.1 Å². The van der Waals surface area contributed by atoms with Crippen LogP contribution < -0.4 is 0 Å². The Bertz CT molecular complexity index is 588. The molecule has 1 aliphatic carbocycles. The van der Waals surface area contributed by atoms with E-state index in [0.717, 1.165) is 17.0 Å². The number of rotatable bonds is 3. The first-order valence-electron chi connectivity index (χ1n) is 5.10. The van der Waals surface area contributed by atoms with Gasteiger partial charge in [-0.1, -0.05) is 22.9 Å². The van der Waals surface area contributed by atoms with Crippen molar-refractivity contribution < 1.29 is 9.90 Å². The molecule has 0 amide bonds. The van der Waals surface area contributed by atoms with E-state index < -0.39 is 5.97 Å². The summed E-state index contributed by atoms with van der Waals surface area (Å²) in [7, 11) is 0. The second-order valence-electron chi connectivity index (χ2n) is 3.88. The Morgan fingerprint density at radius 1 is 1.59 bits per heavy atom. The highest BCUT2D eigenvalue weighted by Crippen LogP contribution is 2.39. The van der Waals surface area contributed by atoms with Crippen LogP contribution in [-0.2, 0) is 0 Å². The highest BCUT2D eigenvalue weighted by molar-refractivity contribution is 7.16. The molecule has 0 aliphatic heterocycles. The van der Waals surface area contributed by atoms with Crippen molar-refractivity contribution in [2.45, 2.75) is 18.8 Å². The van der Waals surface area contributed by atoms with E-state index in [1.54, 1.807) is 10.9 Å². The third kappa shape index (κ3) is 1.94. The fourth-order valence-electron chi connectivity index (χ4n) is 1.56. The van der Waals surface area contributed by atoms with Gasteiger partial charge in [0.05, 0.1) is 5.69 Å². The number of aromatic nitrogens is 3. The van der Waals surface area contributed by atoms with Gasteiger partial charge in [-0.25, -0.2) is 14.5 Å². The summed E-state index contributed by atoms with van der Waals surface area (Å²) in [5.74, 6) is -0.501. The van der Waals surface area contributed by atoms with Gasteiger partial charge in [-0.3, -0.25) is 0 Å². The smallest absolute Gasteiger partial charge is 0.349 e. The number of thiazole rings is 1. The minimum atomic E-state index is -1.06. The van der Waals surface area contributed by atoms with Gasteiger partial charge >= 0.3 is 5.97 Å². The van der Waals surface area contributed by atoms with Crippen LogP contribution in [0.25, 0.3) is 5.13 Å². The summed E-state index contributed by atoms with van der Waals surface area (Å²) in [5, 5.41) is 13.8. The number of carboxylic acid groups (broad SMARTS) is 1. The van der Waals surface area contributed by atoms with Gasteiger partial charge < -0.3 is 5.11 Å². The van der Waals surface area contributed by atoms with Gasteiger partial charge in [0.15, 0.2) is 10.0 Å². The molecule has 1 fully saturated rings. The molecule has 2 aromatic heterocycles. The lowest BCUT2D eigenvalue weighted by molar-refractivity contribution is 0.0702. The first-order chi connectivity index (χ1) is 8.15. The van der Waals surface area contributed by atoms with E-state index in [4.69, 9.17) is 16.7 Å². The first kappa shape index (κ1) is 10.7. The average molecular weight is 270 g/mol. The SMILES string of the molecule is O=C(O)c1sc(-n2ccc(C3CC3)n2)nc1Cl. The molecule has 17 heavy (non-hydrogen) atoms. The molecule has 1 N–H and O–H groups in total. The lowest BCUT2D eigenvalue weighted by Gasteiger charge is -1.92. The standard InChI is InChI=1S/C10H8ClN3O2S/c11-8-7(9(15)16)17-10(12-8)14-4-3-6(13-14)5-1-2-5/h3-5H,1-2H2,(H,15,16). The van der Waals surface area contributed by atoms with Crippen molar-refractivity contribution in [2.24, 2.45) is 0 Å². The molecule has 5 nitrogen and oxygen atoms in total. The lowest BCUT2D eigenvalue weighted by Crippen LogP contribution is -1.94. The van der Waals surface area contributed by atoms with Crippen molar-refractivity contribution in [3.8, 4) is 5.13 Å². The normalized spacial score (nSPS) is 15.1. The van der Waals surface area contributed by atoms with E-state index in [2.05, 4.69) is 10.1 Å². The van der Waals surface area contributed by atoms with Crippen LogP contribution in [0.4, 0.5) is 0 Å². The van der Waals surface area contributed by atoms with E-state index in [-0.39, 0.29) is 10.0 Å². The molecule has 0 unspecified atom stereocenters. The predicted octanol–water partition coefficient (Wildman–Crippen LogP) is 2.56. The molecular weight excluding hydrogens is 262 g/mol. The second kappa shape index (κ2) is 3.82. The Hall–Kier alpha value is -1.40. The molecule has 0 aromatic carbocycles. The van der Waals surface area contributed by atoms with Gasteiger partial charge in [-0.15, -0.1) is 0 Å². The number of halogens is 1. The van der Waals surface area contributed by atoms with E-state index in [1.807, 2.05) is 6.07 Å². The average Bonchev–Trinajstić information content (AvgIpc) is 2.88. The van der Waals surface area contributed by atoms with Crippen molar-refractivity contribution >= 4 is 28.9 Å².